The Morgan fingerprint density at radius 1 is 1.32 bits per heavy atom. The number of hydrazone groups is 1. The van der Waals surface area contributed by atoms with Crippen LogP contribution in [0.25, 0.3) is 10.9 Å². The number of nitrogens with zero attached hydrogens (tertiary/aromatic N) is 3. The number of aldehydes is 1. The van der Waals surface area contributed by atoms with Gasteiger partial charge in [-0.2, -0.15) is 5.10 Å². The summed E-state index contributed by atoms with van der Waals surface area (Å²) in [4.78, 5) is 18.8. The van der Waals surface area contributed by atoms with Gasteiger partial charge in [-0.05, 0) is 27.2 Å². The number of carbonyl (C=O) groups excluding carboxylic acids is 1. The fourth-order valence-electron chi connectivity index (χ4n) is 2.44. The van der Waals surface area contributed by atoms with E-state index in [4.69, 9.17) is 5.84 Å². The number of likely N-dealkylation sites (N-methyl/N-ethyl adjacent to an activating group) is 2. The molecule has 0 bridgehead atoms. The summed E-state index contributed by atoms with van der Waals surface area (Å²) in [6.45, 7) is 2.50. The number of carbonyl (C=O) groups is 1. The van der Waals surface area contributed by atoms with E-state index in [2.05, 4.69) is 19.9 Å². The van der Waals surface area contributed by atoms with Crippen LogP contribution in [-0.2, 0) is 0 Å². The lowest BCUT2D eigenvalue weighted by Crippen LogP contribution is -2.33. The van der Waals surface area contributed by atoms with Gasteiger partial charge in [0.2, 0.25) is 0 Å². The zero-order valence-electron chi connectivity index (χ0n) is 13.3. The molecule has 0 amide bonds. The summed E-state index contributed by atoms with van der Waals surface area (Å²) in [6, 6.07) is 5.60. The molecule has 0 aliphatic rings. The minimum absolute atomic E-state index is 0.629. The molecule has 0 saturated carbocycles. The van der Waals surface area contributed by atoms with E-state index in [1.807, 2.05) is 39.5 Å². The quantitative estimate of drug-likeness (QED) is 0.348. The molecule has 0 unspecified atom stereocenters. The summed E-state index contributed by atoms with van der Waals surface area (Å²) < 4.78 is 0. The minimum Gasteiger partial charge on any atom is -0.360 e. The van der Waals surface area contributed by atoms with Crippen molar-refractivity contribution in [3.63, 3.8) is 0 Å². The van der Waals surface area contributed by atoms with Crippen LogP contribution < -0.4 is 5.84 Å². The lowest BCUT2D eigenvalue weighted by molar-refractivity contribution is 0.112. The Bertz CT molecular complexity index is 674. The molecule has 1 heterocycles. The van der Waals surface area contributed by atoms with Crippen LogP contribution in [0.4, 0.5) is 0 Å². The van der Waals surface area contributed by atoms with Crippen LogP contribution in [0.3, 0.4) is 0 Å². The summed E-state index contributed by atoms with van der Waals surface area (Å²) >= 11 is 0. The Morgan fingerprint density at radius 3 is 2.73 bits per heavy atom. The summed E-state index contributed by atoms with van der Waals surface area (Å²) in [6.07, 6.45) is 2.73. The van der Waals surface area contributed by atoms with Crippen LogP contribution in [-0.4, -0.2) is 67.6 Å². The van der Waals surface area contributed by atoms with Crippen LogP contribution in [0.5, 0.6) is 0 Å². The van der Waals surface area contributed by atoms with Crippen molar-refractivity contribution in [1.29, 1.82) is 0 Å². The van der Waals surface area contributed by atoms with E-state index in [0.717, 1.165) is 41.6 Å². The monoisotopic (exact) mass is 301 g/mol. The van der Waals surface area contributed by atoms with Gasteiger partial charge < -0.3 is 15.7 Å². The molecule has 0 aliphatic heterocycles. The summed E-state index contributed by atoms with van der Waals surface area (Å²) in [5.41, 5.74) is 3.21. The van der Waals surface area contributed by atoms with Gasteiger partial charge in [-0.25, -0.2) is 0 Å². The molecule has 6 heteroatoms. The summed E-state index contributed by atoms with van der Waals surface area (Å²) in [5, 5.41) is 4.83. The number of H-pyrrole nitrogens is 1. The molecule has 0 aliphatic carbocycles. The van der Waals surface area contributed by atoms with Crippen LogP contribution in [0, 0.1) is 0 Å². The smallest absolute Gasteiger partial charge is 0.150 e. The minimum atomic E-state index is 0.629. The highest BCUT2D eigenvalue weighted by Gasteiger charge is 2.15. The highest BCUT2D eigenvalue weighted by atomic mass is 16.1. The molecular weight excluding hydrogens is 278 g/mol. The van der Waals surface area contributed by atoms with Crippen molar-refractivity contribution in [2.24, 2.45) is 10.9 Å². The van der Waals surface area contributed by atoms with Crippen molar-refractivity contribution in [2.45, 2.75) is 0 Å². The average molecular weight is 301 g/mol. The average Bonchev–Trinajstić information content (AvgIpc) is 2.94. The molecule has 1 aromatic heterocycles. The molecule has 0 radical (unpaired) electrons. The van der Waals surface area contributed by atoms with Gasteiger partial charge in [0.15, 0.2) is 6.29 Å². The molecule has 6 nitrogen and oxygen atoms in total. The largest absolute Gasteiger partial charge is 0.360 e. The van der Waals surface area contributed by atoms with E-state index < -0.39 is 0 Å². The highest BCUT2D eigenvalue weighted by Crippen LogP contribution is 2.22. The third kappa shape index (κ3) is 3.52. The van der Waals surface area contributed by atoms with E-state index in [0.29, 0.717) is 12.1 Å². The normalized spacial score (nSPS) is 12.5. The van der Waals surface area contributed by atoms with Gasteiger partial charge in [-0.15, -0.1) is 0 Å². The SMILES string of the molecule is CN(C)CCN(C)C/C(=N/N)c1c[nH]c2cccc(C=O)c12. The molecule has 118 valence electrons. The molecular formula is C16H23N5O. The first kappa shape index (κ1) is 16.2. The van der Waals surface area contributed by atoms with E-state index in [1.165, 1.54) is 0 Å². The lowest BCUT2D eigenvalue weighted by Gasteiger charge is -2.19. The Kier molecular flexibility index (Phi) is 5.30. The zero-order chi connectivity index (χ0) is 16.1. The van der Waals surface area contributed by atoms with Crippen molar-refractivity contribution in [2.75, 3.05) is 40.8 Å². The number of fused-ring (bicyclic) bond motifs is 1. The van der Waals surface area contributed by atoms with E-state index in [-0.39, 0.29) is 0 Å². The van der Waals surface area contributed by atoms with Gasteiger partial charge in [0.1, 0.15) is 0 Å². The van der Waals surface area contributed by atoms with Gasteiger partial charge >= 0.3 is 0 Å². The standard InChI is InChI=1S/C16H23N5O/c1-20(2)7-8-21(3)10-15(19-17)13-9-18-14-6-4-5-12(11-22)16(13)14/h4-6,9,11,18H,7-8,10,17H2,1-3H3/b19-15-. The molecule has 0 saturated heterocycles. The maximum absolute atomic E-state index is 11.3. The van der Waals surface area contributed by atoms with Crippen molar-refractivity contribution in [1.82, 2.24) is 14.8 Å². The van der Waals surface area contributed by atoms with Crippen LogP contribution in [0.1, 0.15) is 15.9 Å². The Morgan fingerprint density at radius 2 is 2.09 bits per heavy atom. The summed E-state index contributed by atoms with van der Waals surface area (Å²) in [5.74, 6) is 5.60. The fraction of sp³-hybridized carbons (Fsp3) is 0.375. The molecule has 1 aromatic carbocycles. The van der Waals surface area contributed by atoms with Crippen molar-refractivity contribution >= 4 is 22.9 Å². The zero-order valence-corrected chi connectivity index (χ0v) is 13.3. The van der Waals surface area contributed by atoms with Crippen LogP contribution in [0.15, 0.2) is 29.5 Å². The number of aromatic amines is 1. The van der Waals surface area contributed by atoms with E-state index in [9.17, 15) is 4.79 Å². The van der Waals surface area contributed by atoms with Crippen molar-refractivity contribution in [3.8, 4) is 0 Å². The Hall–Kier alpha value is -2.18. The number of nitrogens with two attached hydrogens (primary N) is 1. The number of benzene rings is 1. The molecule has 2 aromatic rings. The predicted octanol–water partition coefficient (Wildman–Crippen LogP) is 1.14. The molecule has 0 atom stereocenters. The second kappa shape index (κ2) is 7.20. The lowest BCUT2D eigenvalue weighted by atomic mass is 10.0. The first-order valence-electron chi connectivity index (χ1n) is 7.22. The third-order valence-electron chi connectivity index (χ3n) is 3.68. The van der Waals surface area contributed by atoms with Gasteiger partial charge in [0.25, 0.3) is 0 Å². The van der Waals surface area contributed by atoms with E-state index >= 15 is 0 Å². The number of nitrogens with one attached hydrogen (secondary N) is 1. The van der Waals surface area contributed by atoms with Crippen LogP contribution >= 0.6 is 0 Å². The Labute approximate surface area is 130 Å². The van der Waals surface area contributed by atoms with Crippen molar-refractivity contribution < 1.29 is 4.79 Å². The maximum atomic E-state index is 11.3. The van der Waals surface area contributed by atoms with E-state index in [1.54, 1.807) is 6.07 Å². The van der Waals surface area contributed by atoms with Gasteiger partial charge in [-0.3, -0.25) is 9.69 Å². The van der Waals surface area contributed by atoms with Gasteiger partial charge in [0.05, 0.1) is 5.71 Å². The van der Waals surface area contributed by atoms with Gasteiger partial charge in [0, 0.05) is 47.9 Å². The fourth-order valence-corrected chi connectivity index (χ4v) is 2.44. The number of hydrogen-bond donors (Lipinski definition) is 2. The first-order chi connectivity index (χ1) is 10.6. The second-order valence-electron chi connectivity index (χ2n) is 5.71. The van der Waals surface area contributed by atoms with Gasteiger partial charge in [-0.1, -0.05) is 12.1 Å². The number of rotatable bonds is 7. The van der Waals surface area contributed by atoms with Crippen molar-refractivity contribution in [3.05, 3.63) is 35.5 Å². The Balaban J connectivity index is 2.27. The summed E-state index contributed by atoms with van der Waals surface area (Å²) in [7, 11) is 6.12. The van der Waals surface area contributed by atoms with Crippen LogP contribution in [0.2, 0.25) is 0 Å². The highest BCUT2D eigenvalue weighted by molar-refractivity contribution is 6.15. The predicted molar refractivity (Wildman–Crippen MR) is 90.5 cm³/mol. The molecule has 2 rings (SSSR count). The molecule has 22 heavy (non-hydrogen) atoms. The number of hydrogen-bond acceptors (Lipinski definition) is 5. The maximum Gasteiger partial charge on any atom is 0.150 e. The topological polar surface area (TPSA) is 77.7 Å². The molecule has 3 N–H and O–H groups in total. The third-order valence-corrected chi connectivity index (χ3v) is 3.68. The first-order valence-corrected chi connectivity index (χ1v) is 7.22. The molecule has 0 fully saturated rings. The number of aromatic nitrogens is 1. The second-order valence-corrected chi connectivity index (χ2v) is 5.71. The molecule has 0 spiro atoms.